The Bertz CT molecular complexity index is 1280. The number of aryl methyl sites for hydroxylation is 1. The molecule has 0 saturated carbocycles. The lowest BCUT2D eigenvalue weighted by molar-refractivity contribution is -0.345. The first-order valence-corrected chi connectivity index (χ1v) is 10.2. The minimum Gasteiger partial charge on any atom is -0.321 e. The summed E-state index contributed by atoms with van der Waals surface area (Å²) in [7, 11) is 0. The molecule has 0 radical (unpaired) electrons. The molecule has 0 spiro atoms. The Hall–Kier alpha value is -3.64. The van der Waals surface area contributed by atoms with Crippen molar-refractivity contribution in [3.8, 4) is 0 Å². The van der Waals surface area contributed by atoms with E-state index >= 15 is 0 Å². The van der Waals surface area contributed by atoms with Crippen LogP contribution in [-0.4, -0.2) is 71.8 Å². The van der Waals surface area contributed by atoms with Gasteiger partial charge in [0.05, 0.1) is 5.69 Å². The Morgan fingerprint density at radius 2 is 0.844 bits per heavy atom. The zero-order chi connectivity index (χ0) is 36.4. The van der Waals surface area contributed by atoms with Gasteiger partial charge in [-0.1, -0.05) is 0 Å². The van der Waals surface area contributed by atoms with Gasteiger partial charge in [0, 0.05) is 5.69 Å². The lowest BCUT2D eigenvalue weighted by Gasteiger charge is -2.35. The third kappa shape index (κ3) is 6.27. The second kappa shape index (κ2) is 11.0. The Kier molecular flexibility index (Phi) is 9.64. The molecule has 0 heterocycles. The predicted molar refractivity (Wildman–Crippen MR) is 100 cm³/mol. The topological polar surface area (TPSA) is 66.5 Å². The smallest absolute Gasteiger partial charge is 0.321 e. The summed E-state index contributed by atoms with van der Waals surface area (Å²) in [5.41, 5.74) is -5.53. The average molecular weight is 710 g/mol. The molecule has 1 rings (SSSR count). The van der Waals surface area contributed by atoms with Gasteiger partial charge >= 0.3 is 71.8 Å². The maximum Gasteiger partial charge on any atom is 0.460 e. The largest absolute Gasteiger partial charge is 0.460 e. The molecule has 26 heteroatoms. The zero-order valence-electron chi connectivity index (χ0n) is 20.3. The fourth-order valence-corrected chi connectivity index (χ4v) is 2.73. The van der Waals surface area contributed by atoms with Crippen molar-refractivity contribution >= 4 is 29.1 Å². The SMILES string of the molecule is Cc1cc(NC(=O)C(F)(F)C(F)(F)C(F)(F)F)ccc1N(C(=O)C(F)(F)C(F)(F)C(F)(F)F)C(=O)C(F)(F)C(F)(F)C(F)(F)F. The van der Waals surface area contributed by atoms with E-state index in [0.717, 1.165) is 0 Å². The molecule has 258 valence electrons. The van der Waals surface area contributed by atoms with Crippen molar-refractivity contribution in [3.63, 3.8) is 0 Å². The number of rotatable bonds is 8. The number of alkyl halides is 21. The van der Waals surface area contributed by atoms with Crippen LogP contribution in [0.3, 0.4) is 0 Å². The molecule has 0 aliphatic carbocycles. The number of nitrogens with zero attached hydrogens (tertiary/aromatic N) is 1. The lowest BCUT2D eigenvalue weighted by atomic mass is 10.0. The maximum absolute atomic E-state index is 14.1. The van der Waals surface area contributed by atoms with Crippen LogP contribution in [0.5, 0.6) is 0 Å². The second-order valence-electron chi connectivity index (χ2n) is 8.34. The first-order chi connectivity index (χ1) is 19.5. The van der Waals surface area contributed by atoms with Crippen LogP contribution in [0.4, 0.5) is 104 Å². The maximum atomic E-state index is 14.1. The molecule has 1 aromatic carbocycles. The van der Waals surface area contributed by atoms with Gasteiger partial charge in [-0.15, -0.1) is 0 Å². The Labute approximate surface area is 231 Å². The van der Waals surface area contributed by atoms with Gasteiger partial charge in [-0.05, 0) is 30.7 Å². The van der Waals surface area contributed by atoms with Crippen LogP contribution in [0.1, 0.15) is 5.56 Å². The van der Waals surface area contributed by atoms with Gasteiger partial charge in [0.15, 0.2) is 0 Å². The first-order valence-electron chi connectivity index (χ1n) is 10.2. The van der Waals surface area contributed by atoms with E-state index in [1.807, 2.05) is 0 Å². The van der Waals surface area contributed by atoms with Crippen molar-refractivity contribution in [1.82, 2.24) is 0 Å². The second-order valence-corrected chi connectivity index (χ2v) is 8.34. The van der Waals surface area contributed by atoms with E-state index in [9.17, 15) is 107 Å². The molecule has 0 aromatic heterocycles. The molecule has 1 aromatic rings. The summed E-state index contributed by atoms with van der Waals surface area (Å²) in [5, 5.41) is 0.583. The van der Waals surface area contributed by atoms with E-state index in [1.54, 1.807) is 0 Å². The third-order valence-corrected chi connectivity index (χ3v) is 5.18. The van der Waals surface area contributed by atoms with Gasteiger partial charge in [0.25, 0.3) is 0 Å². The number of amides is 3. The minimum absolute atomic E-state index is 0.0844. The summed E-state index contributed by atoms with van der Waals surface area (Å²) in [6.45, 7) is 0.0844. The molecule has 0 aliphatic rings. The van der Waals surface area contributed by atoms with Gasteiger partial charge in [0.1, 0.15) is 0 Å². The van der Waals surface area contributed by atoms with Gasteiger partial charge in [-0.3, -0.25) is 14.4 Å². The zero-order valence-corrected chi connectivity index (χ0v) is 20.3. The number of nitrogens with one attached hydrogen (secondary N) is 1. The van der Waals surface area contributed by atoms with Crippen molar-refractivity contribution < 1.29 is 107 Å². The molecule has 0 saturated heterocycles. The normalized spacial score (nSPS) is 14.7. The highest BCUT2D eigenvalue weighted by molar-refractivity contribution is 6.20. The van der Waals surface area contributed by atoms with Crippen LogP contribution in [0.15, 0.2) is 18.2 Å². The molecule has 0 bridgehead atoms. The van der Waals surface area contributed by atoms with Crippen LogP contribution >= 0.6 is 0 Å². The molecule has 0 atom stereocenters. The molecule has 45 heavy (non-hydrogen) atoms. The summed E-state index contributed by atoms with van der Waals surface area (Å²) in [6, 6.07) is -1.19. The highest BCUT2D eigenvalue weighted by Crippen LogP contribution is 2.51. The summed E-state index contributed by atoms with van der Waals surface area (Å²) >= 11 is 0. The summed E-state index contributed by atoms with van der Waals surface area (Å²) in [5.74, 6) is -56.8. The lowest BCUT2D eigenvalue weighted by Crippen LogP contribution is -2.66. The Balaban J connectivity index is 3.90. The number of halogens is 21. The Morgan fingerprint density at radius 1 is 0.533 bits per heavy atom. The number of anilines is 2. The van der Waals surface area contributed by atoms with E-state index in [-0.39, 0.29) is 19.1 Å². The average Bonchev–Trinajstić information content (AvgIpc) is 2.82. The van der Waals surface area contributed by atoms with Gasteiger partial charge in [-0.25, -0.2) is 4.90 Å². The number of imide groups is 1. The van der Waals surface area contributed by atoms with Crippen LogP contribution in [-0.2, 0) is 14.4 Å². The van der Waals surface area contributed by atoms with Crippen molar-refractivity contribution in [1.29, 1.82) is 0 Å². The van der Waals surface area contributed by atoms with Crippen LogP contribution in [0.2, 0.25) is 0 Å². The molecular weight excluding hydrogens is 703 g/mol. The fourth-order valence-electron chi connectivity index (χ4n) is 2.73. The van der Waals surface area contributed by atoms with Crippen LogP contribution < -0.4 is 10.2 Å². The molecule has 0 aliphatic heterocycles. The van der Waals surface area contributed by atoms with E-state index in [2.05, 4.69) is 0 Å². The van der Waals surface area contributed by atoms with Gasteiger partial charge < -0.3 is 5.32 Å². The van der Waals surface area contributed by atoms with Crippen LogP contribution in [0, 0.1) is 6.92 Å². The van der Waals surface area contributed by atoms with E-state index < -0.39 is 99.7 Å². The van der Waals surface area contributed by atoms with Crippen molar-refractivity contribution in [3.05, 3.63) is 23.8 Å². The number of benzene rings is 1. The molecule has 0 fully saturated rings. The number of carbonyl (C=O) groups excluding carboxylic acids is 3. The monoisotopic (exact) mass is 710 g/mol. The molecular formula is C19H7F21N2O3. The fraction of sp³-hybridized carbons (Fsp3) is 0.526. The summed E-state index contributed by atoms with van der Waals surface area (Å²) in [6.07, 6.45) is -22.2. The number of hydrogen-bond donors (Lipinski definition) is 1. The Morgan fingerprint density at radius 3 is 1.13 bits per heavy atom. The number of hydrogen-bond acceptors (Lipinski definition) is 3. The summed E-state index contributed by atoms with van der Waals surface area (Å²) in [4.78, 5) is 33.0. The third-order valence-electron chi connectivity index (χ3n) is 5.18. The first kappa shape index (κ1) is 39.4. The minimum atomic E-state index is -7.69. The highest BCUT2D eigenvalue weighted by atomic mass is 19.4. The standard InChI is InChI=1S/C19H7F21N2O3/c1-5-4-6(41-8(43)11(20,21)14(26,27)17(32,33)34)2-3-7(5)42(9(44)12(22,23)15(28,29)18(35,36)37)10(45)13(24,25)16(30,31)19(38,39)40/h2-4H,1H3,(H,41,43). The van der Waals surface area contributed by atoms with E-state index in [4.69, 9.17) is 0 Å². The predicted octanol–water partition coefficient (Wildman–Crippen LogP) is 7.29. The van der Waals surface area contributed by atoms with Crippen LogP contribution in [0.25, 0.3) is 0 Å². The summed E-state index contributed by atoms with van der Waals surface area (Å²) < 4.78 is 275. The molecule has 3 amide bonds. The van der Waals surface area contributed by atoms with E-state index in [1.165, 1.54) is 0 Å². The van der Waals surface area contributed by atoms with Crippen molar-refractivity contribution in [2.45, 2.75) is 61.0 Å². The molecule has 1 N–H and O–H groups in total. The van der Waals surface area contributed by atoms with Gasteiger partial charge in [0.2, 0.25) is 0 Å². The van der Waals surface area contributed by atoms with Crippen molar-refractivity contribution in [2.24, 2.45) is 0 Å². The highest BCUT2D eigenvalue weighted by Gasteiger charge is 2.81. The molecule has 5 nitrogen and oxygen atoms in total. The van der Waals surface area contributed by atoms with E-state index in [0.29, 0.717) is 5.32 Å². The quantitative estimate of drug-likeness (QED) is 0.289. The molecule has 0 unspecified atom stereocenters. The van der Waals surface area contributed by atoms with Crippen molar-refractivity contribution in [2.75, 3.05) is 10.2 Å². The number of carbonyl (C=O) groups is 3. The van der Waals surface area contributed by atoms with Gasteiger partial charge in [-0.2, -0.15) is 92.2 Å².